The van der Waals surface area contributed by atoms with Gasteiger partial charge in [0.05, 0.1) is 6.26 Å². The van der Waals surface area contributed by atoms with Gasteiger partial charge in [-0.1, -0.05) is 18.2 Å². The second kappa shape index (κ2) is 6.69. The number of amides is 1. The molecule has 1 heterocycles. The van der Waals surface area contributed by atoms with Crippen molar-refractivity contribution in [2.75, 3.05) is 6.61 Å². The molecule has 0 bridgehead atoms. The predicted octanol–water partition coefficient (Wildman–Crippen LogP) is 1.78. The van der Waals surface area contributed by atoms with E-state index >= 15 is 0 Å². The lowest BCUT2D eigenvalue weighted by Crippen LogP contribution is -2.29. The van der Waals surface area contributed by atoms with Crippen molar-refractivity contribution >= 4 is 5.91 Å². The molecule has 1 aromatic heterocycles. The van der Waals surface area contributed by atoms with Crippen molar-refractivity contribution in [3.05, 3.63) is 64.0 Å². The molecule has 1 N–H and O–H groups in total. The van der Waals surface area contributed by atoms with Gasteiger partial charge in [-0.05, 0) is 13.0 Å². The van der Waals surface area contributed by atoms with Crippen LogP contribution in [0.1, 0.15) is 11.3 Å². The summed E-state index contributed by atoms with van der Waals surface area (Å²) < 4.78 is 23.5. The molecule has 6 heteroatoms. The molecule has 1 aromatic carbocycles. The second-order valence-electron chi connectivity index (χ2n) is 4.33. The van der Waals surface area contributed by atoms with Crippen LogP contribution in [0.15, 0.2) is 45.8 Å². The molecule has 0 aliphatic heterocycles. The lowest BCUT2D eigenvalue weighted by molar-refractivity contribution is -0.123. The minimum atomic E-state index is -0.457. The first-order valence-electron chi connectivity index (χ1n) is 6.29. The molecular weight excluding hydrogens is 277 g/mol. The molecule has 5 nitrogen and oxygen atoms in total. The van der Waals surface area contributed by atoms with Crippen LogP contribution in [0.25, 0.3) is 0 Å². The van der Waals surface area contributed by atoms with Crippen LogP contribution >= 0.6 is 0 Å². The number of halogens is 1. The molecular formula is C15H14FNO4. The van der Waals surface area contributed by atoms with E-state index in [-0.39, 0.29) is 24.3 Å². The summed E-state index contributed by atoms with van der Waals surface area (Å²) in [7, 11) is 0. The molecule has 0 aliphatic rings. The summed E-state index contributed by atoms with van der Waals surface area (Å²) in [6.07, 6.45) is 1.25. The first-order valence-corrected chi connectivity index (χ1v) is 6.29. The third kappa shape index (κ3) is 3.92. The van der Waals surface area contributed by atoms with Crippen molar-refractivity contribution < 1.29 is 18.3 Å². The van der Waals surface area contributed by atoms with Crippen LogP contribution in [0.3, 0.4) is 0 Å². The SMILES string of the molecule is Cc1occc(=O)c1OCC(=O)NCc1ccccc1F. The highest BCUT2D eigenvalue weighted by atomic mass is 19.1. The predicted molar refractivity (Wildman–Crippen MR) is 73.5 cm³/mol. The number of hydrogen-bond acceptors (Lipinski definition) is 4. The van der Waals surface area contributed by atoms with Crippen LogP contribution in [-0.2, 0) is 11.3 Å². The second-order valence-corrected chi connectivity index (χ2v) is 4.33. The van der Waals surface area contributed by atoms with E-state index in [0.29, 0.717) is 11.3 Å². The van der Waals surface area contributed by atoms with Gasteiger partial charge in [-0.3, -0.25) is 9.59 Å². The fourth-order valence-corrected chi connectivity index (χ4v) is 1.70. The van der Waals surface area contributed by atoms with Gasteiger partial charge in [0.2, 0.25) is 11.2 Å². The largest absolute Gasteiger partial charge is 0.476 e. The maximum atomic E-state index is 13.4. The van der Waals surface area contributed by atoms with Crippen molar-refractivity contribution in [1.82, 2.24) is 5.32 Å². The van der Waals surface area contributed by atoms with Gasteiger partial charge in [-0.2, -0.15) is 0 Å². The van der Waals surface area contributed by atoms with E-state index in [1.54, 1.807) is 25.1 Å². The van der Waals surface area contributed by atoms with Crippen molar-refractivity contribution in [3.8, 4) is 5.75 Å². The number of carbonyl (C=O) groups excluding carboxylic acids is 1. The lowest BCUT2D eigenvalue weighted by Gasteiger charge is -2.08. The Morgan fingerprint density at radius 2 is 2.10 bits per heavy atom. The summed E-state index contributed by atoms with van der Waals surface area (Å²) in [5.41, 5.74) is 0.0157. The van der Waals surface area contributed by atoms with Crippen LogP contribution in [0.4, 0.5) is 4.39 Å². The normalized spacial score (nSPS) is 10.2. The minimum absolute atomic E-state index is 0.00135. The Bertz CT molecular complexity index is 696. The van der Waals surface area contributed by atoms with Gasteiger partial charge >= 0.3 is 0 Å². The molecule has 1 amide bonds. The molecule has 21 heavy (non-hydrogen) atoms. The van der Waals surface area contributed by atoms with Gasteiger partial charge in [0.25, 0.3) is 5.91 Å². The monoisotopic (exact) mass is 291 g/mol. The summed E-state index contributed by atoms with van der Waals surface area (Å²) in [5, 5.41) is 2.51. The van der Waals surface area contributed by atoms with Crippen molar-refractivity contribution in [1.29, 1.82) is 0 Å². The van der Waals surface area contributed by atoms with Crippen LogP contribution in [-0.4, -0.2) is 12.5 Å². The summed E-state index contributed by atoms with van der Waals surface area (Å²) in [6.45, 7) is 1.27. The van der Waals surface area contributed by atoms with Crippen LogP contribution in [0, 0.1) is 12.7 Å². The maximum Gasteiger partial charge on any atom is 0.258 e. The minimum Gasteiger partial charge on any atom is -0.476 e. The highest BCUT2D eigenvalue weighted by Crippen LogP contribution is 2.10. The molecule has 0 saturated carbocycles. The van der Waals surface area contributed by atoms with Crippen LogP contribution in [0.5, 0.6) is 5.75 Å². The zero-order valence-electron chi connectivity index (χ0n) is 11.4. The standard InChI is InChI=1S/C15H14FNO4/c1-10-15(13(18)6-7-20-10)21-9-14(19)17-8-11-4-2-3-5-12(11)16/h2-7H,8-9H2,1H3,(H,17,19). The fourth-order valence-electron chi connectivity index (χ4n) is 1.70. The highest BCUT2D eigenvalue weighted by molar-refractivity contribution is 5.77. The van der Waals surface area contributed by atoms with E-state index in [4.69, 9.17) is 9.15 Å². The van der Waals surface area contributed by atoms with Crippen molar-refractivity contribution in [2.45, 2.75) is 13.5 Å². The van der Waals surface area contributed by atoms with Gasteiger partial charge in [-0.15, -0.1) is 0 Å². The van der Waals surface area contributed by atoms with Gasteiger partial charge in [0.15, 0.2) is 6.61 Å². The molecule has 110 valence electrons. The highest BCUT2D eigenvalue weighted by Gasteiger charge is 2.10. The van der Waals surface area contributed by atoms with Crippen molar-refractivity contribution in [2.24, 2.45) is 0 Å². The number of carbonyl (C=O) groups is 1. The molecule has 0 unspecified atom stereocenters. The molecule has 0 spiro atoms. The number of hydrogen-bond donors (Lipinski definition) is 1. The van der Waals surface area contributed by atoms with E-state index in [1.807, 2.05) is 0 Å². The van der Waals surface area contributed by atoms with Gasteiger partial charge in [0, 0.05) is 18.2 Å². The lowest BCUT2D eigenvalue weighted by atomic mass is 10.2. The molecule has 2 aromatic rings. The van der Waals surface area contributed by atoms with Crippen LogP contribution in [0.2, 0.25) is 0 Å². The van der Waals surface area contributed by atoms with E-state index in [0.717, 1.165) is 0 Å². The van der Waals surface area contributed by atoms with Crippen LogP contribution < -0.4 is 15.5 Å². The third-order valence-electron chi connectivity index (χ3n) is 2.79. The number of benzene rings is 1. The molecule has 2 rings (SSSR count). The fraction of sp³-hybridized carbons (Fsp3) is 0.200. The summed E-state index contributed by atoms with van der Waals surface area (Å²) in [6, 6.07) is 7.35. The van der Waals surface area contributed by atoms with Gasteiger partial charge in [-0.25, -0.2) is 4.39 Å². The Morgan fingerprint density at radius 1 is 1.33 bits per heavy atom. The Kier molecular flexibility index (Phi) is 4.71. The molecule has 0 fully saturated rings. The first-order chi connectivity index (χ1) is 10.1. The number of nitrogens with one attached hydrogen (secondary N) is 1. The molecule has 0 radical (unpaired) electrons. The summed E-state index contributed by atoms with van der Waals surface area (Å²) in [5.74, 6) is -0.554. The third-order valence-corrected chi connectivity index (χ3v) is 2.79. The zero-order valence-corrected chi connectivity index (χ0v) is 11.4. The number of rotatable bonds is 5. The molecule has 0 saturated heterocycles. The van der Waals surface area contributed by atoms with Crippen molar-refractivity contribution in [3.63, 3.8) is 0 Å². The maximum absolute atomic E-state index is 13.4. The Morgan fingerprint density at radius 3 is 2.81 bits per heavy atom. The van der Waals surface area contributed by atoms with E-state index in [1.165, 1.54) is 18.4 Å². The average molecular weight is 291 g/mol. The smallest absolute Gasteiger partial charge is 0.258 e. The topological polar surface area (TPSA) is 68.5 Å². The first kappa shape index (κ1) is 14.8. The average Bonchev–Trinajstić information content (AvgIpc) is 2.46. The Hall–Kier alpha value is -2.63. The Balaban J connectivity index is 1.88. The van der Waals surface area contributed by atoms with Gasteiger partial charge in [0.1, 0.15) is 11.6 Å². The Labute approximate surface area is 120 Å². The number of aryl methyl sites for hydroxylation is 1. The molecule has 0 atom stereocenters. The number of ether oxygens (including phenoxy) is 1. The summed E-state index contributed by atoms with van der Waals surface area (Å²) in [4.78, 5) is 23.1. The summed E-state index contributed by atoms with van der Waals surface area (Å²) >= 11 is 0. The van der Waals surface area contributed by atoms with E-state index in [9.17, 15) is 14.0 Å². The van der Waals surface area contributed by atoms with E-state index < -0.39 is 11.7 Å². The quantitative estimate of drug-likeness (QED) is 0.911. The zero-order chi connectivity index (χ0) is 15.2. The molecule has 0 aliphatic carbocycles. The van der Waals surface area contributed by atoms with Gasteiger partial charge < -0.3 is 14.5 Å². The van der Waals surface area contributed by atoms with E-state index in [2.05, 4.69) is 5.32 Å².